The average Bonchev–Trinajstić information content (AvgIpc) is 2.43. The van der Waals surface area contributed by atoms with Crippen molar-refractivity contribution in [2.45, 2.75) is 25.9 Å². The van der Waals surface area contributed by atoms with Crippen LogP contribution in [0.4, 0.5) is 0 Å². The van der Waals surface area contributed by atoms with Crippen LogP contribution < -0.4 is 11.1 Å². The van der Waals surface area contributed by atoms with Crippen LogP contribution in [-0.4, -0.2) is 42.1 Å². The third-order valence-corrected chi connectivity index (χ3v) is 3.02. The molecule has 1 aromatic carbocycles. The van der Waals surface area contributed by atoms with Gasteiger partial charge in [0.15, 0.2) is 5.84 Å². The van der Waals surface area contributed by atoms with E-state index in [1.54, 1.807) is 0 Å². The predicted octanol–water partition coefficient (Wildman–Crippen LogP) is 1.23. The standard InChI is InChI=1S/C14H24N4O/c1-12(14(15)17-19)16-9-6-10-18(2)11-13-7-4-3-5-8-13/h3-5,7-8,12,16,19H,6,9-11H2,1-2H3,(H2,15,17). The zero-order chi connectivity index (χ0) is 14.1. The van der Waals surface area contributed by atoms with Crippen molar-refractivity contribution in [3.05, 3.63) is 35.9 Å². The maximum Gasteiger partial charge on any atom is 0.156 e. The van der Waals surface area contributed by atoms with E-state index in [4.69, 9.17) is 10.9 Å². The quantitative estimate of drug-likeness (QED) is 0.217. The van der Waals surface area contributed by atoms with Crippen LogP contribution in [0.25, 0.3) is 0 Å². The topological polar surface area (TPSA) is 73.9 Å². The van der Waals surface area contributed by atoms with Crippen molar-refractivity contribution in [1.29, 1.82) is 0 Å². The number of amidine groups is 1. The summed E-state index contributed by atoms with van der Waals surface area (Å²) in [5.41, 5.74) is 6.81. The number of hydrogen-bond acceptors (Lipinski definition) is 4. The maximum atomic E-state index is 8.53. The second-order valence-electron chi connectivity index (χ2n) is 4.78. The average molecular weight is 264 g/mol. The number of nitrogens with two attached hydrogens (primary N) is 1. The second-order valence-corrected chi connectivity index (χ2v) is 4.78. The first-order valence-corrected chi connectivity index (χ1v) is 6.56. The summed E-state index contributed by atoms with van der Waals surface area (Å²) in [5.74, 6) is 0.220. The van der Waals surface area contributed by atoms with E-state index in [-0.39, 0.29) is 11.9 Å². The molecule has 0 aromatic heterocycles. The highest BCUT2D eigenvalue weighted by Gasteiger charge is 2.06. The van der Waals surface area contributed by atoms with Crippen LogP contribution >= 0.6 is 0 Å². The smallest absolute Gasteiger partial charge is 0.156 e. The summed E-state index contributed by atoms with van der Waals surface area (Å²) >= 11 is 0. The Morgan fingerprint density at radius 2 is 2.11 bits per heavy atom. The molecule has 0 fully saturated rings. The molecule has 0 aliphatic carbocycles. The summed E-state index contributed by atoms with van der Waals surface area (Å²) < 4.78 is 0. The molecule has 0 heterocycles. The van der Waals surface area contributed by atoms with E-state index in [9.17, 15) is 0 Å². The lowest BCUT2D eigenvalue weighted by Gasteiger charge is -2.18. The monoisotopic (exact) mass is 264 g/mol. The molecule has 0 bridgehead atoms. The van der Waals surface area contributed by atoms with Crippen molar-refractivity contribution < 1.29 is 5.21 Å². The predicted molar refractivity (Wildman–Crippen MR) is 78.3 cm³/mol. The number of oxime groups is 1. The molecule has 5 nitrogen and oxygen atoms in total. The molecule has 1 aromatic rings. The Labute approximate surface area is 115 Å². The van der Waals surface area contributed by atoms with E-state index in [1.165, 1.54) is 5.56 Å². The molecule has 0 radical (unpaired) electrons. The number of nitrogens with zero attached hydrogens (tertiary/aromatic N) is 2. The lowest BCUT2D eigenvalue weighted by atomic mass is 10.2. The normalized spacial score (nSPS) is 13.7. The SMILES string of the molecule is CC(NCCCN(C)Cc1ccccc1)C(N)=NO. The van der Waals surface area contributed by atoms with Crippen LogP contribution in [0.3, 0.4) is 0 Å². The molecule has 106 valence electrons. The van der Waals surface area contributed by atoms with Gasteiger partial charge in [0.25, 0.3) is 0 Å². The van der Waals surface area contributed by atoms with Crippen LogP contribution in [0, 0.1) is 0 Å². The Balaban J connectivity index is 2.16. The van der Waals surface area contributed by atoms with Gasteiger partial charge < -0.3 is 21.2 Å². The third-order valence-electron chi connectivity index (χ3n) is 3.02. The van der Waals surface area contributed by atoms with E-state index in [2.05, 4.69) is 46.7 Å². The molecule has 4 N–H and O–H groups in total. The van der Waals surface area contributed by atoms with E-state index in [0.717, 1.165) is 26.1 Å². The van der Waals surface area contributed by atoms with Gasteiger partial charge in [0.1, 0.15) is 0 Å². The minimum Gasteiger partial charge on any atom is -0.409 e. The van der Waals surface area contributed by atoms with Crippen LogP contribution in [0.2, 0.25) is 0 Å². The highest BCUT2D eigenvalue weighted by Crippen LogP contribution is 2.02. The van der Waals surface area contributed by atoms with E-state index in [1.807, 2.05) is 13.0 Å². The minimum absolute atomic E-state index is 0.0931. The Morgan fingerprint density at radius 3 is 2.74 bits per heavy atom. The first-order valence-electron chi connectivity index (χ1n) is 6.56. The highest BCUT2D eigenvalue weighted by atomic mass is 16.4. The van der Waals surface area contributed by atoms with Gasteiger partial charge in [-0.15, -0.1) is 0 Å². The molecule has 1 rings (SSSR count). The number of benzene rings is 1. The first-order chi connectivity index (χ1) is 9.13. The van der Waals surface area contributed by atoms with Crippen LogP contribution in [0.5, 0.6) is 0 Å². The molecule has 0 spiro atoms. The molecule has 0 saturated carbocycles. The molecule has 0 aliphatic heterocycles. The first kappa shape index (κ1) is 15.5. The minimum atomic E-state index is -0.0931. The Hall–Kier alpha value is -1.59. The maximum absolute atomic E-state index is 8.53. The van der Waals surface area contributed by atoms with E-state index >= 15 is 0 Å². The number of nitrogens with one attached hydrogen (secondary N) is 1. The van der Waals surface area contributed by atoms with Crippen molar-refractivity contribution in [2.24, 2.45) is 10.9 Å². The molecule has 1 unspecified atom stereocenters. The Kier molecular flexibility index (Phi) is 6.92. The summed E-state index contributed by atoms with van der Waals surface area (Å²) in [6.45, 7) is 4.68. The van der Waals surface area contributed by atoms with Gasteiger partial charge in [0.05, 0.1) is 6.04 Å². The van der Waals surface area contributed by atoms with Gasteiger partial charge in [-0.3, -0.25) is 0 Å². The van der Waals surface area contributed by atoms with Crippen molar-refractivity contribution in [1.82, 2.24) is 10.2 Å². The lowest BCUT2D eigenvalue weighted by molar-refractivity contribution is 0.311. The van der Waals surface area contributed by atoms with Gasteiger partial charge in [0, 0.05) is 6.54 Å². The number of hydrogen-bond donors (Lipinski definition) is 3. The van der Waals surface area contributed by atoms with Crippen molar-refractivity contribution in [3.8, 4) is 0 Å². The molecule has 1 atom stereocenters. The fourth-order valence-electron chi connectivity index (χ4n) is 1.83. The molecule has 0 amide bonds. The Morgan fingerprint density at radius 1 is 1.42 bits per heavy atom. The molecular weight excluding hydrogens is 240 g/mol. The largest absolute Gasteiger partial charge is 0.409 e. The van der Waals surface area contributed by atoms with Gasteiger partial charge in [-0.1, -0.05) is 35.5 Å². The van der Waals surface area contributed by atoms with Gasteiger partial charge >= 0.3 is 0 Å². The lowest BCUT2D eigenvalue weighted by Crippen LogP contribution is -2.40. The Bertz CT molecular complexity index is 380. The second kappa shape index (κ2) is 8.50. The molecule has 0 saturated heterocycles. The highest BCUT2D eigenvalue weighted by molar-refractivity contribution is 5.84. The summed E-state index contributed by atoms with van der Waals surface area (Å²) in [4.78, 5) is 2.28. The molecule has 0 aliphatic rings. The van der Waals surface area contributed by atoms with Crippen molar-refractivity contribution in [2.75, 3.05) is 20.1 Å². The van der Waals surface area contributed by atoms with Gasteiger partial charge in [-0.25, -0.2) is 0 Å². The van der Waals surface area contributed by atoms with Crippen LogP contribution in [-0.2, 0) is 6.54 Å². The molecule has 19 heavy (non-hydrogen) atoms. The number of rotatable bonds is 8. The van der Waals surface area contributed by atoms with Crippen LogP contribution in [0.1, 0.15) is 18.9 Å². The van der Waals surface area contributed by atoms with E-state index in [0.29, 0.717) is 0 Å². The summed E-state index contributed by atoms with van der Waals surface area (Å²) in [6.07, 6.45) is 1.02. The van der Waals surface area contributed by atoms with Crippen molar-refractivity contribution in [3.63, 3.8) is 0 Å². The van der Waals surface area contributed by atoms with Crippen LogP contribution in [0.15, 0.2) is 35.5 Å². The summed E-state index contributed by atoms with van der Waals surface area (Å²) in [6, 6.07) is 10.3. The van der Waals surface area contributed by atoms with Gasteiger partial charge in [0.2, 0.25) is 0 Å². The summed E-state index contributed by atoms with van der Waals surface area (Å²) in [5, 5.41) is 14.7. The van der Waals surface area contributed by atoms with E-state index < -0.39 is 0 Å². The molecule has 5 heteroatoms. The third kappa shape index (κ3) is 6.22. The van der Waals surface area contributed by atoms with Gasteiger partial charge in [-0.2, -0.15) is 0 Å². The van der Waals surface area contributed by atoms with Crippen molar-refractivity contribution >= 4 is 5.84 Å². The summed E-state index contributed by atoms with van der Waals surface area (Å²) in [7, 11) is 2.11. The zero-order valence-electron chi connectivity index (χ0n) is 11.7. The fourth-order valence-corrected chi connectivity index (χ4v) is 1.83. The van der Waals surface area contributed by atoms with Gasteiger partial charge in [-0.05, 0) is 39.0 Å². The zero-order valence-corrected chi connectivity index (χ0v) is 11.7. The fraction of sp³-hybridized carbons (Fsp3) is 0.500. The molecular formula is C14H24N4O.